The summed E-state index contributed by atoms with van der Waals surface area (Å²) in [7, 11) is 1.91. The number of benzene rings is 1. The van der Waals surface area contributed by atoms with Crippen LogP contribution in [0.3, 0.4) is 0 Å². The second-order valence-corrected chi connectivity index (χ2v) is 4.97. The smallest absolute Gasteiger partial charge is 0.0521 e. The predicted octanol–water partition coefficient (Wildman–Crippen LogP) is 2.12. The van der Waals surface area contributed by atoms with E-state index >= 15 is 0 Å². The van der Waals surface area contributed by atoms with Gasteiger partial charge in [0.05, 0.1) is 6.20 Å². The first-order chi connectivity index (χ1) is 8.67. The number of aromatic nitrogens is 2. The molecule has 0 saturated carbocycles. The van der Waals surface area contributed by atoms with Crippen molar-refractivity contribution in [2.24, 2.45) is 13.0 Å². The molecule has 1 unspecified atom stereocenters. The Morgan fingerprint density at radius 1 is 1.28 bits per heavy atom. The quantitative estimate of drug-likeness (QED) is 0.875. The largest absolute Gasteiger partial charge is 0.396 e. The van der Waals surface area contributed by atoms with Crippen LogP contribution in [0.15, 0.2) is 36.7 Å². The molecule has 1 aromatic heterocycles. The fraction of sp³-hybridized carbons (Fsp3) is 0.400. The summed E-state index contributed by atoms with van der Waals surface area (Å²) in [5.41, 5.74) is 3.74. The predicted molar refractivity (Wildman–Crippen MR) is 72.4 cm³/mol. The van der Waals surface area contributed by atoms with Gasteiger partial charge < -0.3 is 5.11 Å². The number of rotatable bonds is 5. The third kappa shape index (κ3) is 3.44. The van der Waals surface area contributed by atoms with Gasteiger partial charge in [0.25, 0.3) is 0 Å². The number of aryl methyl sites for hydroxylation is 2. The van der Waals surface area contributed by atoms with Crippen molar-refractivity contribution in [1.82, 2.24) is 9.78 Å². The molecule has 0 aliphatic rings. The van der Waals surface area contributed by atoms with Crippen molar-refractivity contribution < 1.29 is 5.11 Å². The van der Waals surface area contributed by atoms with Gasteiger partial charge in [0.1, 0.15) is 0 Å². The topological polar surface area (TPSA) is 38.1 Å². The van der Waals surface area contributed by atoms with Crippen LogP contribution in [-0.4, -0.2) is 21.5 Å². The highest BCUT2D eigenvalue weighted by molar-refractivity contribution is 5.23. The molecule has 1 heterocycles. The van der Waals surface area contributed by atoms with Gasteiger partial charge in [-0.05, 0) is 36.8 Å². The molecular weight excluding hydrogens is 224 g/mol. The molecule has 0 aliphatic carbocycles. The highest BCUT2D eigenvalue weighted by Gasteiger charge is 2.11. The van der Waals surface area contributed by atoms with Crippen molar-refractivity contribution >= 4 is 0 Å². The van der Waals surface area contributed by atoms with E-state index in [1.165, 1.54) is 16.7 Å². The molecule has 0 aliphatic heterocycles. The van der Waals surface area contributed by atoms with Crippen LogP contribution in [0.25, 0.3) is 0 Å². The molecule has 18 heavy (non-hydrogen) atoms. The van der Waals surface area contributed by atoms with Gasteiger partial charge in [-0.1, -0.05) is 29.8 Å². The lowest BCUT2D eigenvalue weighted by Crippen LogP contribution is -2.12. The Hall–Kier alpha value is -1.61. The van der Waals surface area contributed by atoms with E-state index in [-0.39, 0.29) is 12.5 Å². The molecular formula is C15H20N2O. The van der Waals surface area contributed by atoms with Gasteiger partial charge in [0.2, 0.25) is 0 Å². The van der Waals surface area contributed by atoms with E-state index in [1.54, 1.807) is 4.68 Å². The first-order valence-electron chi connectivity index (χ1n) is 6.31. The minimum absolute atomic E-state index is 0.211. The minimum atomic E-state index is 0.211. The lowest BCUT2D eigenvalue weighted by molar-refractivity contribution is 0.225. The highest BCUT2D eigenvalue weighted by Crippen LogP contribution is 2.15. The first kappa shape index (κ1) is 12.8. The van der Waals surface area contributed by atoms with Crippen LogP contribution < -0.4 is 0 Å². The molecule has 0 saturated heterocycles. The summed E-state index contributed by atoms with van der Waals surface area (Å²) in [6.07, 6.45) is 5.67. The van der Waals surface area contributed by atoms with Gasteiger partial charge in [-0.2, -0.15) is 5.10 Å². The van der Waals surface area contributed by atoms with Crippen molar-refractivity contribution in [3.8, 4) is 0 Å². The summed E-state index contributed by atoms with van der Waals surface area (Å²) >= 11 is 0. The van der Waals surface area contributed by atoms with Crippen LogP contribution in [0.4, 0.5) is 0 Å². The second kappa shape index (κ2) is 5.83. The maximum atomic E-state index is 9.50. The number of hydrogen-bond donors (Lipinski definition) is 1. The van der Waals surface area contributed by atoms with Crippen molar-refractivity contribution in [1.29, 1.82) is 0 Å². The number of aliphatic hydroxyl groups is 1. The molecule has 0 bridgehead atoms. The minimum Gasteiger partial charge on any atom is -0.396 e. The second-order valence-electron chi connectivity index (χ2n) is 4.97. The van der Waals surface area contributed by atoms with Crippen molar-refractivity contribution in [3.05, 3.63) is 53.3 Å². The van der Waals surface area contributed by atoms with E-state index in [0.29, 0.717) is 0 Å². The molecule has 3 heteroatoms. The molecule has 3 nitrogen and oxygen atoms in total. The molecule has 1 aromatic carbocycles. The molecule has 2 aromatic rings. The summed E-state index contributed by atoms with van der Waals surface area (Å²) in [5, 5.41) is 13.7. The molecule has 0 amide bonds. The SMILES string of the molecule is Cc1cccc(CC(CO)Cc2cnn(C)c2)c1. The Kier molecular flexibility index (Phi) is 4.15. The average molecular weight is 244 g/mol. The maximum absolute atomic E-state index is 9.50. The number of nitrogens with zero attached hydrogens (tertiary/aromatic N) is 2. The van der Waals surface area contributed by atoms with Gasteiger partial charge in [-0.3, -0.25) is 4.68 Å². The zero-order valence-corrected chi connectivity index (χ0v) is 11.0. The van der Waals surface area contributed by atoms with Crippen molar-refractivity contribution in [2.75, 3.05) is 6.61 Å². The van der Waals surface area contributed by atoms with Gasteiger partial charge in [0.15, 0.2) is 0 Å². The Labute approximate surface area is 108 Å². The summed E-state index contributed by atoms with van der Waals surface area (Å²) in [4.78, 5) is 0. The third-order valence-electron chi connectivity index (χ3n) is 3.15. The summed E-state index contributed by atoms with van der Waals surface area (Å²) in [5.74, 6) is 0.260. The van der Waals surface area contributed by atoms with Gasteiger partial charge >= 0.3 is 0 Å². The van der Waals surface area contributed by atoms with Gasteiger partial charge in [-0.25, -0.2) is 0 Å². The van der Waals surface area contributed by atoms with Crippen LogP contribution in [0.2, 0.25) is 0 Å². The monoisotopic (exact) mass is 244 g/mol. The molecule has 0 radical (unpaired) electrons. The van der Waals surface area contributed by atoms with Gasteiger partial charge in [0, 0.05) is 19.9 Å². The van der Waals surface area contributed by atoms with E-state index in [2.05, 4.69) is 36.3 Å². The normalized spacial score (nSPS) is 12.6. The number of hydrogen-bond acceptors (Lipinski definition) is 2. The van der Waals surface area contributed by atoms with Crippen LogP contribution in [-0.2, 0) is 19.9 Å². The zero-order valence-electron chi connectivity index (χ0n) is 11.0. The zero-order chi connectivity index (χ0) is 13.0. The Balaban J connectivity index is 2.01. The molecule has 2 rings (SSSR count). The fourth-order valence-corrected chi connectivity index (χ4v) is 2.28. The molecule has 0 spiro atoms. The summed E-state index contributed by atoms with van der Waals surface area (Å²) < 4.78 is 1.80. The lowest BCUT2D eigenvalue weighted by atomic mass is 9.94. The number of aliphatic hydroxyl groups excluding tert-OH is 1. The van der Waals surface area contributed by atoms with Crippen molar-refractivity contribution in [2.45, 2.75) is 19.8 Å². The van der Waals surface area contributed by atoms with Crippen LogP contribution >= 0.6 is 0 Å². The summed E-state index contributed by atoms with van der Waals surface area (Å²) in [6, 6.07) is 8.48. The van der Waals surface area contributed by atoms with Crippen LogP contribution in [0, 0.1) is 12.8 Å². The van der Waals surface area contributed by atoms with E-state index in [4.69, 9.17) is 0 Å². The standard InChI is InChI=1S/C15H20N2O/c1-12-4-3-5-13(6-12)7-14(11-18)8-15-9-16-17(2)10-15/h3-6,9-10,14,18H,7-8,11H2,1-2H3. The van der Waals surface area contributed by atoms with Crippen molar-refractivity contribution in [3.63, 3.8) is 0 Å². The van der Waals surface area contributed by atoms with E-state index < -0.39 is 0 Å². The van der Waals surface area contributed by atoms with Crippen LogP contribution in [0.5, 0.6) is 0 Å². The van der Waals surface area contributed by atoms with E-state index in [9.17, 15) is 5.11 Å². The average Bonchev–Trinajstić information content (AvgIpc) is 2.74. The lowest BCUT2D eigenvalue weighted by Gasteiger charge is -2.13. The molecule has 96 valence electrons. The summed E-state index contributed by atoms with van der Waals surface area (Å²) in [6.45, 7) is 2.31. The Bertz CT molecular complexity index is 505. The first-order valence-corrected chi connectivity index (χ1v) is 6.31. The molecule has 0 fully saturated rings. The highest BCUT2D eigenvalue weighted by atomic mass is 16.3. The van der Waals surface area contributed by atoms with Gasteiger partial charge in [-0.15, -0.1) is 0 Å². The molecule has 1 N–H and O–H groups in total. The van der Waals surface area contributed by atoms with E-state index in [0.717, 1.165) is 12.8 Å². The van der Waals surface area contributed by atoms with E-state index in [1.807, 2.05) is 19.4 Å². The third-order valence-corrected chi connectivity index (χ3v) is 3.15. The maximum Gasteiger partial charge on any atom is 0.0521 e. The fourth-order valence-electron chi connectivity index (χ4n) is 2.28. The molecule has 1 atom stereocenters. The Morgan fingerprint density at radius 2 is 2.06 bits per heavy atom. The van der Waals surface area contributed by atoms with Crippen LogP contribution in [0.1, 0.15) is 16.7 Å². The Morgan fingerprint density at radius 3 is 2.67 bits per heavy atom.